The number of imide groups is 1. The number of aryl methyl sites for hydroxylation is 1. The highest BCUT2D eigenvalue weighted by Crippen LogP contribution is 2.42. The van der Waals surface area contributed by atoms with Crippen molar-refractivity contribution in [3.63, 3.8) is 0 Å². The van der Waals surface area contributed by atoms with E-state index in [2.05, 4.69) is 9.88 Å². The van der Waals surface area contributed by atoms with Crippen LogP contribution in [0.5, 0.6) is 0 Å². The van der Waals surface area contributed by atoms with E-state index in [1.807, 2.05) is 77.1 Å². The van der Waals surface area contributed by atoms with Gasteiger partial charge in [-0.1, -0.05) is 36.4 Å². The molecule has 2 aliphatic rings. The molecule has 0 saturated carbocycles. The monoisotopic (exact) mass is 532 g/mol. The Morgan fingerprint density at radius 2 is 1.55 bits per heavy atom. The third kappa shape index (κ3) is 3.93. The van der Waals surface area contributed by atoms with Crippen molar-refractivity contribution in [1.82, 2.24) is 24.2 Å². The number of benzene rings is 2. The Bertz CT molecular complexity index is 1800. The second-order valence-corrected chi connectivity index (χ2v) is 10.1. The molecule has 40 heavy (non-hydrogen) atoms. The van der Waals surface area contributed by atoms with Crippen molar-refractivity contribution in [2.75, 3.05) is 37.7 Å². The van der Waals surface area contributed by atoms with Crippen molar-refractivity contribution in [3.05, 3.63) is 90.4 Å². The van der Waals surface area contributed by atoms with Gasteiger partial charge in [0.25, 0.3) is 11.8 Å². The normalized spacial score (nSPS) is 16.7. The van der Waals surface area contributed by atoms with E-state index in [9.17, 15) is 9.59 Å². The van der Waals surface area contributed by atoms with Gasteiger partial charge in [0, 0.05) is 60.9 Å². The van der Waals surface area contributed by atoms with E-state index in [0.717, 1.165) is 49.1 Å². The van der Waals surface area contributed by atoms with Gasteiger partial charge in [-0.25, -0.2) is 14.6 Å². The minimum absolute atomic E-state index is 0.299. The number of morpholine rings is 1. The lowest BCUT2D eigenvalue weighted by molar-refractivity contribution is -0.119. The van der Waals surface area contributed by atoms with Gasteiger partial charge >= 0.3 is 0 Å². The molecule has 1 fully saturated rings. The summed E-state index contributed by atoms with van der Waals surface area (Å²) in [5.74, 6) is -0.745. The fraction of sp³-hybridized carbons (Fsp3) is 0.226. The molecule has 5 aromatic rings. The van der Waals surface area contributed by atoms with Crippen LogP contribution in [-0.4, -0.2) is 68.9 Å². The summed E-state index contributed by atoms with van der Waals surface area (Å²) in [6.07, 6.45) is 3.66. The summed E-state index contributed by atoms with van der Waals surface area (Å²) in [6, 6.07) is 20.7. The first-order valence-electron chi connectivity index (χ1n) is 13.5. The zero-order valence-corrected chi connectivity index (χ0v) is 22.2. The number of amides is 2. The fourth-order valence-electron chi connectivity index (χ4n) is 5.76. The predicted molar refractivity (Wildman–Crippen MR) is 153 cm³/mol. The third-order valence-corrected chi connectivity index (χ3v) is 7.74. The Kier molecular flexibility index (Phi) is 6.02. The maximum atomic E-state index is 14.3. The van der Waals surface area contributed by atoms with Gasteiger partial charge in [-0.3, -0.25) is 14.5 Å². The summed E-state index contributed by atoms with van der Waals surface area (Å²) >= 11 is 0. The first-order chi connectivity index (χ1) is 19.6. The largest absolute Gasteiger partial charge is 0.379 e. The summed E-state index contributed by atoms with van der Waals surface area (Å²) in [4.78, 5) is 36.7. The van der Waals surface area contributed by atoms with Crippen LogP contribution in [0.3, 0.4) is 0 Å². The minimum Gasteiger partial charge on any atom is -0.379 e. The summed E-state index contributed by atoms with van der Waals surface area (Å²) in [6.45, 7) is 4.57. The average molecular weight is 533 g/mol. The summed E-state index contributed by atoms with van der Waals surface area (Å²) in [5, 5.41) is 6.61. The molecule has 0 unspecified atom stereocenters. The van der Waals surface area contributed by atoms with Crippen molar-refractivity contribution in [2.45, 2.75) is 6.54 Å². The smallest absolute Gasteiger partial charge is 0.268 e. The van der Waals surface area contributed by atoms with Crippen LogP contribution in [0.4, 0.5) is 5.69 Å². The average Bonchev–Trinajstić information content (AvgIpc) is 3.61. The highest BCUT2D eigenvalue weighted by atomic mass is 16.5. The van der Waals surface area contributed by atoms with Crippen molar-refractivity contribution < 1.29 is 14.3 Å². The molecule has 0 spiro atoms. The number of nitrogens with zero attached hydrogens (tertiary/aromatic N) is 6. The highest BCUT2D eigenvalue weighted by Gasteiger charge is 2.43. The lowest BCUT2D eigenvalue weighted by Crippen LogP contribution is -2.38. The molecule has 0 N–H and O–H groups in total. The number of carbonyl (C=O) groups is 2. The van der Waals surface area contributed by atoms with Gasteiger partial charge in [0.15, 0.2) is 5.65 Å². The number of aromatic nitrogens is 4. The molecular formula is C31H28N6O3. The molecule has 0 atom stereocenters. The zero-order valence-electron chi connectivity index (χ0n) is 22.2. The molecule has 7 rings (SSSR count). The molecule has 5 heterocycles. The molecule has 2 aromatic carbocycles. The quantitative estimate of drug-likeness (QED) is 0.310. The van der Waals surface area contributed by atoms with Gasteiger partial charge < -0.3 is 9.30 Å². The van der Waals surface area contributed by atoms with Gasteiger partial charge in [0.2, 0.25) is 0 Å². The number of rotatable bonds is 6. The molecular weight excluding hydrogens is 504 g/mol. The van der Waals surface area contributed by atoms with E-state index in [1.165, 1.54) is 4.90 Å². The first-order valence-corrected chi connectivity index (χ1v) is 13.5. The number of hydrogen-bond acceptors (Lipinski definition) is 6. The van der Waals surface area contributed by atoms with E-state index in [-0.39, 0.29) is 11.8 Å². The van der Waals surface area contributed by atoms with E-state index in [1.54, 1.807) is 18.3 Å². The van der Waals surface area contributed by atoms with Crippen LogP contribution in [0.25, 0.3) is 33.1 Å². The Labute approximate surface area is 230 Å². The fourth-order valence-corrected chi connectivity index (χ4v) is 5.76. The molecule has 2 amide bonds. The van der Waals surface area contributed by atoms with Crippen LogP contribution in [0, 0.1) is 0 Å². The molecule has 9 heteroatoms. The Hall–Kier alpha value is -4.60. The van der Waals surface area contributed by atoms with Crippen molar-refractivity contribution in [1.29, 1.82) is 0 Å². The Morgan fingerprint density at radius 3 is 2.38 bits per heavy atom. The number of anilines is 1. The molecule has 0 radical (unpaired) electrons. The van der Waals surface area contributed by atoms with Gasteiger partial charge in [-0.2, -0.15) is 5.10 Å². The molecule has 2 aliphatic heterocycles. The van der Waals surface area contributed by atoms with Crippen LogP contribution >= 0.6 is 0 Å². The Morgan fingerprint density at radius 1 is 0.825 bits per heavy atom. The predicted octanol–water partition coefficient (Wildman–Crippen LogP) is 3.74. The molecule has 0 bridgehead atoms. The van der Waals surface area contributed by atoms with Crippen LogP contribution in [0.15, 0.2) is 79.1 Å². The molecule has 1 saturated heterocycles. The first kappa shape index (κ1) is 24.4. The van der Waals surface area contributed by atoms with Crippen LogP contribution in [0.1, 0.15) is 11.3 Å². The molecule has 3 aromatic heterocycles. The second kappa shape index (κ2) is 9.86. The van der Waals surface area contributed by atoms with Crippen molar-refractivity contribution in [2.24, 2.45) is 7.05 Å². The number of para-hydroxylation sites is 2. The van der Waals surface area contributed by atoms with Crippen LogP contribution < -0.4 is 4.90 Å². The van der Waals surface area contributed by atoms with E-state index in [0.29, 0.717) is 40.3 Å². The second-order valence-electron chi connectivity index (χ2n) is 10.1. The van der Waals surface area contributed by atoms with Crippen molar-refractivity contribution >= 4 is 50.6 Å². The van der Waals surface area contributed by atoms with Gasteiger partial charge in [0.05, 0.1) is 36.6 Å². The lowest BCUT2D eigenvalue weighted by atomic mass is 9.98. The summed E-state index contributed by atoms with van der Waals surface area (Å²) in [7, 11) is 1.95. The van der Waals surface area contributed by atoms with E-state index in [4.69, 9.17) is 9.84 Å². The van der Waals surface area contributed by atoms with E-state index >= 15 is 0 Å². The molecule has 0 aliphatic carbocycles. The summed E-state index contributed by atoms with van der Waals surface area (Å²) < 4.78 is 9.33. The maximum absolute atomic E-state index is 14.3. The van der Waals surface area contributed by atoms with Crippen molar-refractivity contribution in [3.8, 4) is 0 Å². The van der Waals surface area contributed by atoms with Gasteiger partial charge in [0.1, 0.15) is 5.69 Å². The number of fused-ring (bicyclic) bond motifs is 2. The zero-order chi connectivity index (χ0) is 27.2. The topological polar surface area (TPSA) is 85.5 Å². The Balaban J connectivity index is 1.42. The molecule has 200 valence electrons. The van der Waals surface area contributed by atoms with Crippen LogP contribution in [0.2, 0.25) is 0 Å². The minimum atomic E-state index is -0.386. The number of hydrogen-bond donors (Lipinski definition) is 0. The summed E-state index contributed by atoms with van der Waals surface area (Å²) in [5.41, 5.74) is 4.04. The van der Waals surface area contributed by atoms with Crippen LogP contribution in [-0.2, 0) is 27.9 Å². The number of pyridine rings is 1. The standard InChI is InChI=1S/C31H28N6O3/c1-34-20-24(22-10-5-6-12-25(22)34)26-27(31(39)37(30(26)38)21-8-3-2-4-9-21)28-23-11-7-13-32-29(23)36(33-28)15-14-35-16-18-40-19-17-35/h2-13,20H,14-19H2,1H3. The third-order valence-electron chi connectivity index (χ3n) is 7.74. The van der Waals surface area contributed by atoms with Gasteiger partial charge in [-0.15, -0.1) is 0 Å². The lowest BCUT2D eigenvalue weighted by Gasteiger charge is -2.26. The van der Waals surface area contributed by atoms with E-state index < -0.39 is 0 Å². The van der Waals surface area contributed by atoms with Gasteiger partial charge in [-0.05, 0) is 30.3 Å². The number of ether oxygens (including phenoxy) is 1. The molecule has 9 nitrogen and oxygen atoms in total. The SMILES string of the molecule is Cn1cc(C2=C(c3nn(CCN4CCOCC4)c4ncccc34)C(=O)N(c3ccccc3)C2=O)c2ccccc21. The number of carbonyl (C=O) groups excluding carboxylic acids is 2. The maximum Gasteiger partial charge on any atom is 0.268 e. The highest BCUT2D eigenvalue weighted by molar-refractivity contribution is 6.58.